The van der Waals surface area contributed by atoms with Gasteiger partial charge in [0.05, 0.1) is 13.2 Å². The fourth-order valence-electron chi connectivity index (χ4n) is 3.88. The number of carbonyl (C=O) groups is 2. The van der Waals surface area contributed by atoms with E-state index in [1.165, 1.54) is 0 Å². The Balaban J connectivity index is 1.53. The molecule has 1 saturated carbocycles. The first-order valence-electron chi connectivity index (χ1n) is 8.90. The zero-order valence-corrected chi connectivity index (χ0v) is 14.8. The van der Waals surface area contributed by atoms with Gasteiger partial charge in [-0.3, -0.25) is 4.79 Å². The Labute approximate surface area is 156 Å². The van der Waals surface area contributed by atoms with Gasteiger partial charge in [-0.1, -0.05) is 0 Å². The van der Waals surface area contributed by atoms with E-state index in [0.29, 0.717) is 45.6 Å². The van der Waals surface area contributed by atoms with Crippen molar-refractivity contribution in [2.75, 3.05) is 39.4 Å². The average Bonchev–Trinajstić information content (AvgIpc) is 3.31. The fraction of sp³-hybridized carbons (Fsp3) is 0.875. The largest absolute Gasteiger partial charge is 0.434 e. The number of likely N-dealkylation sites (tertiary alicyclic amines) is 1. The number of nitrogens with zero attached hydrogens (tertiary/aromatic N) is 2. The summed E-state index contributed by atoms with van der Waals surface area (Å²) in [4.78, 5) is 26.9. The molecule has 0 aromatic heterocycles. The fourth-order valence-corrected chi connectivity index (χ4v) is 3.88. The van der Waals surface area contributed by atoms with Gasteiger partial charge in [-0.05, 0) is 24.7 Å². The van der Waals surface area contributed by atoms with Gasteiger partial charge in [-0.2, -0.15) is 26.3 Å². The molecular formula is C16H20F6N2O4. The summed E-state index contributed by atoms with van der Waals surface area (Å²) >= 11 is 0. The van der Waals surface area contributed by atoms with Crippen LogP contribution in [0, 0.1) is 11.3 Å². The highest BCUT2D eigenvalue weighted by atomic mass is 19.4. The molecule has 1 spiro atoms. The van der Waals surface area contributed by atoms with Crippen molar-refractivity contribution in [3.05, 3.63) is 0 Å². The summed E-state index contributed by atoms with van der Waals surface area (Å²) in [5.41, 5.74) is -0.334. The van der Waals surface area contributed by atoms with Gasteiger partial charge in [0.2, 0.25) is 5.91 Å². The summed E-state index contributed by atoms with van der Waals surface area (Å²) < 4.78 is 84.1. The number of amides is 2. The number of carbonyl (C=O) groups excluding carboxylic acids is 2. The zero-order chi connectivity index (χ0) is 20.7. The minimum atomic E-state index is -5.74. The SMILES string of the molecule is O=C(OC(C(F)(F)F)C(F)(F)F)N1CCC2(CC1)C[C@H]2C(=O)N1CCOCC1. The molecule has 2 heterocycles. The van der Waals surface area contributed by atoms with E-state index >= 15 is 0 Å². The Morgan fingerprint density at radius 2 is 1.46 bits per heavy atom. The normalized spacial score (nSPS) is 25.2. The number of halogens is 6. The second-order valence-electron chi connectivity index (χ2n) is 7.39. The zero-order valence-electron chi connectivity index (χ0n) is 14.8. The first-order valence-corrected chi connectivity index (χ1v) is 8.90. The molecule has 6 nitrogen and oxygen atoms in total. The highest BCUT2D eigenvalue weighted by molar-refractivity contribution is 5.83. The Bertz CT molecular complexity index is 595. The van der Waals surface area contributed by atoms with Crippen LogP contribution in [0.5, 0.6) is 0 Å². The van der Waals surface area contributed by atoms with Crippen molar-refractivity contribution in [1.29, 1.82) is 0 Å². The van der Waals surface area contributed by atoms with Crippen LogP contribution in [-0.2, 0) is 14.3 Å². The van der Waals surface area contributed by atoms with Crippen LogP contribution in [0.25, 0.3) is 0 Å². The highest BCUT2D eigenvalue weighted by Crippen LogP contribution is 2.60. The monoisotopic (exact) mass is 418 g/mol. The summed E-state index contributed by atoms with van der Waals surface area (Å²) in [6.45, 7) is 1.83. The van der Waals surface area contributed by atoms with Gasteiger partial charge in [0.15, 0.2) is 0 Å². The molecule has 2 amide bonds. The summed E-state index contributed by atoms with van der Waals surface area (Å²) in [7, 11) is 0. The van der Waals surface area contributed by atoms with Crippen LogP contribution in [0.2, 0.25) is 0 Å². The molecule has 0 bridgehead atoms. The van der Waals surface area contributed by atoms with Gasteiger partial charge in [0, 0.05) is 32.1 Å². The van der Waals surface area contributed by atoms with E-state index in [-0.39, 0.29) is 30.3 Å². The van der Waals surface area contributed by atoms with Crippen molar-refractivity contribution in [2.24, 2.45) is 11.3 Å². The number of morpholine rings is 1. The van der Waals surface area contributed by atoms with Crippen LogP contribution in [0.1, 0.15) is 19.3 Å². The molecule has 0 unspecified atom stereocenters. The van der Waals surface area contributed by atoms with Crippen molar-refractivity contribution in [2.45, 2.75) is 37.7 Å². The van der Waals surface area contributed by atoms with E-state index in [4.69, 9.17) is 4.74 Å². The average molecular weight is 418 g/mol. The van der Waals surface area contributed by atoms with E-state index in [0.717, 1.165) is 4.90 Å². The molecule has 0 aromatic rings. The molecule has 28 heavy (non-hydrogen) atoms. The third kappa shape index (κ3) is 4.31. The van der Waals surface area contributed by atoms with Crippen LogP contribution in [-0.4, -0.2) is 79.6 Å². The third-order valence-electron chi connectivity index (χ3n) is 5.64. The maximum Gasteiger partial charge on any atom is 0.434 e. The molecule has 3 aliphatic rings. The van der Waals surface area contributed by atoms with Gasteiger partial charge < -0.3 is 19.3 Å². The van der Waals surface area contributed by atoms with Crippen molar-refractivity contribution < 1.29 is 45.4 Å². The van der Waals surface area contributed by atoms with E-state index in [1.807, 2.05) is 0 Å². The first-order chi connectivity index (χ1) is 12.9. The van der Waals surface area contributed by atoms with Gasteiger partial charge in [0.25, 0.3) is 6.10 Å². The van der Waals surface area contributed by atoms with E-state index in [9.17, 15) is 35.9 Å². The summed E-state index contributed by atoms with van der Waals surface area (Å²) in [6.07, 6.45) is -16.0. The molecule has 2 saturated heterocycles. The van der Waals surface area contributed by atoms with Crippen molar-refractivity contribution in [3.8, 4) is 0 Å². The van der Waals surface area contributed by atoms with Gasteiger partial charge in [-0.15, -0.1) is 0 Å². The summed E-state index contributed by atoms with van der Waals surface area (Å²) in [5, 5.41) is 0. The number of hydrogen-bond donors (Lipinski definition) is 0. The first kappa shape index (κ1) is 21.0. The van der Waals surface area contributed by atoms with Crippen molar-refractivity contribution in [3.63, 3.8) is 0 Å². The van der Waals surface area contributed by atoms with Gasteiger partial charge >= 0.3 is 18.4 Å². The molecule has 1 aliphatic carbocycles. The Morgan fingerprint density at radius 3 is 1.96 bits per heavy atom. The highest BCUT2D eigenvalue weighted by Gasteiger charge is 2.62. The third-order valence-corrected chi connectivity index (χ3v) is 5.64. The maximum atomic E-state index is 12.5. The molecule has 3 fully saturated rings. The lowest BCUT2D eigenvalue weighted by molar-refractivity contribution is -0.308. The smallest absolute Gasteiger partial charge is 0.426 e. The Hall–Kier alpha value is -1.72. The Morgan fingerprint density at radius 1 is 0.929 bits per heavy atom. The minimum Gasteiger partial charge on any atom is -0.426 e. The number of alkyl halides is 6. The van der Waals surface area contributed by atoms with Crippen LogP contribution < -0.4 is 0 Å². The molecule has 0 N–H and O–H groups in total. The van der Waals surface area contributed by atoms with E-state index in [1.54, 1.807) is 4.90 Å². The molecule has 0 radical (unpaired) electrons. The predicted molar refractivity (Wildman–Crippen MR) is 81.1 cm³/mol. The second-order valence-corrected chi connectivity index (χ2v) is 7.39. The molecule has 2 aliphatic heterocycles. The minimum absolute atomic E-state index is 0.00599. The topological polar surface area (TPSA) is 59.1 Å². The number of rotatable bonds is 2. The number of piperidine rings is 1. The number of hydrogen-bond acceptors (Lipinski definition) is 4. The Kier molecular flexibility index (Phi) is 5.45. The van der Waals surface area contributed by atoms with Crippen molar-refractivity contribution >= 4 is 12.0 Å². The lowest BCUT2D eigenvalue weighted by atomic mass is 9.90. The summed E-state index contributed by atoms with van der Waals surface area (Å²) in [5.74, 6) is -0.226. The quantitative estimate of drug-likeness (QED) is 0.647. The number of ether oxygens (including phenoxy) is 2. The molecular weight excluding hydrogens is 398 g/mol. The lowest BCUT2D eigenvalue weighted by Gasteiger charge is -2.34. The van der Waals surface area contributed by atoms with Gasteiger partial charge in [0.1, 0.15) is 0 Å². The van der Waals surface area contributed by atoms with E-state index < -0.39 is 24.5 Å². The predicted octanol–water partition coefficient (Wildman–Crippen LogP) is 2.58. The van der Waals surface area contributed by atoms with Gasteiger partial charge in [-0.25, -0.2) is 4.79 Å². The van der Waals surface area contributed by atoms with Crippen LogP contribution in [0.4, 0.5) is 31.1 Å². The van der Waals surface area contributed by atoms with Crippen LogP contribution >= 0.6 is 0 Å². The molecule has 3 rings (SSSR count). The van der Waals surface area contributed by atoms with Crippen molar-refractivity contribution in [1.82, 2.24) is 9.80 Å². The van der Waals surface area contributed by atoms with Crippen LogP contribution in [0.3, 0.4) is 0 Å². The van der Waals surface area contributed by atoms with Crippen LogP contribution in [0.15, 0.2) is 0 Å². The second kappa shape index (κ2) is 7.27. The maximum absolute atomic E-state index is 12.5. The standard InChI is InChI=1S/C16H20F6N2O4/c17-15(18,19)12(16(20,21)22)28-13(26)24-3-1-14(2-4-24)9-10(14)11(25)23-5-7-27-8-6-23/h10,12H,1-9H2/t10-/m0/s1. The lowest BCUT2D eigenvalue weighted by Crippen LogP contribution is -2.49. The molecule has 12 heteroatoms. The molecule has 1 atom stereocenters. The molecule has 160 valence electrons. The van der Waals surface area contributed by atoms with E-state index in [2.05, 4.69) is 4.74 Å². The summed E-state index contributed by atoms with van der Waals surface area (Å²) in [6, 6.07) is 0. The molecule has 0 aromatic carbocycles.